The minimum absolute atomic E-state index is 0.281. The van der Waals surface area contributed by atoms with Gasteiger partial charge in [0.15, 0.2) is 0 Å². The van der Waals surface area contributed by atoms with Gasteiger partial charge in [-0.05, 0) is 79.5 Å². The average Bonchev–Trinajstić information content (AvgIpc) is 2.62. The number of hydrogen-bond acceptors (Lipinski definition) is 3. The van der Waals surface area contributed by atoms with Gasteiger partial charge in [0.2, 0.25) is 0 Å². The molecule has 0 amide bonds. The topological polar surface area (TPSA) is 55.5 Å². The first-order valence-electron chi connectivity index (χ1n) is 10.1. The van der Waals surface area contributed by atoms with Gasteiger partial charge in [-0.25, -0.2) is 0 Å². The number of rotatable bonds is 11. The molecule has 0 aromatic heterocycles. The van der Waals surface area contributed by atoms with Crippen molar-refractivity contribution in [2.24, 2.45) is 17.6 Å². The summed E-state index contributed by atoms with van der Waals surface area (Å²) in [5, 5.41) is 8.97. The van der Waals surface area contributed by atoms with Crippen molar-refractivity contribution in [3.8, 4) is 0 Å². The maximum Gasteiger partial charge on any atom is 0.0488 e. The van der Waals surface area contributed by atoms with Crippen LogP contribution in [-0.4, -0.2) is 31.5 Å². The third-order valence-corrected chi connectivity index (χ3v) is 5.40. The normalized spacial score (nSPS) is 18.4. The summed E-state index contributed by atoms with van der Waals surface area (Å²) in [6, 6.07) is 7.02. The molecule has 2 atom stereocenters. The Balaban J connectivity index is 1.87. The van der Waals surface area contributed by atoms with Gasteiger partial charge in [0, 0.05) is 19.8 Å². The predicted molar refractivity (Wildman–Crippen MR) is 105 cm³/mol. The molecule has 0 heterocycles. The Labute approximate surface area is 154 Å². The quantitative estimate of drug-likeness (QED) is 0.594. The van der Waals surface area contributed by atoms with E-state index in [4.69, 9.17) is 15.6 Å². The summed E-state index contributed by atoms with van der Waals surface area (Å²) in [6.07, 6.45) is 7.84. The van der Waals surface area contributed by atoms with Crippen molar-refractivity contribution in [1.29, 1.82) is 0 Å². The van der Waals surface area contributed by atoms with Gasteiger partial charge in [0.05, 0.1) is 0 Å². The number of aliphatic hydroxyl groups excluding tert-OH is 1. The molecule has 3 nitrogen and oxygen atoms in total. The summed E-state index contributed by atoms with van der Waals surface area (Å²) >= 11 is 0. The first kappa shape index (κ1) is 20.4. The second kappa shape index (κ2) is 10.9. The van der Waals surface area contributed by atoms with Crippen molar-refractivity contribution in [3.05, 3.63) is 34.9 Å². The summed E-state index contributed by atoms with van der Waals surface area (Å²) in [5.41, 5.74) is 10.4. The van der Waals surface area contributed by atoms with Crippen molar-refractivity contribution in [3.63, 3.8) is 0 Å². The fourth-order valence-corrected chi connectivity index (χ4v) is 3.84. The molecule has 0 saturated carbocycles. The van der Waals surface area contributed by atoms with Crippen LogP contribution in [0.2, 0.25) is 0 Å². The van der Waals surface area contributed by atoms with Gasteiger partial charge in [0.1, 0.15) is 0 Å². The van der Waals surface area contributed by atoms with Crippen LogP contribution in [0.1, 0.15) is 68.6 Å². The minimum atomic E-state index is 0.281. The highest BCUT2D eigenvalue weighted by atomic mass is 16.5. The van der Waals surface area contributed by atoms with E-state index < -0.39 is 0 Å². The number of nitrogens with two attached hydrogens (primary N) is 1. The van der Waals surface area contributed by atoms with Crippen molar-refractivity contribution >= 4 is 0 Å². The standard InChI is InChI=1S/C22H37NO2/c1-17(2)16-25-12-10-18-6-7-20-14-21(9-8-19(20)13-18)22(15-23)5-3-4-11-24/h8-9,14,17-18,22,24H,3-7,10-13,15-16,23H2,1-2H3/t18-,22-/m0/s1. The van der Waals surface area contributed by atoms with Gasteiger partial charge < -0.3 is 15.6 Å². The molecule has 0 saturated heterocycles. The Kier molecular flexibility index (Phi) is 8.94. The molecule has 3 heteroatoms. The lowest BCUT2D eigenvalue weighted by Gasteiger charge is -2.26. The van der Waals surface area contributed by atoms with Crippen molar-refractivity contribution < 1.29 is 9.84 Å². The molecule has 0 unspecified atom stereocenters. The molecule has 0 aliphatic heterocycles. The van der Waals surface area contributed by atoms with E-state index in [9.17, 15) is 0 Å². The number of fused-ring (bicyclic) bond motifs is 1. The second-order valence-corrected chi connectivity index (χ2v) is 8.05. The van der Waals surface area contributed by atoms with Gasteiger partial charge in [-0.15, -0.1) is 0 Å². The highest BCUT2D eigenvalue weighted by Gasteiger charge is 2.20. The third kappa shape index (κ3) is 6.73. The molecule has 3 N–H and O–H groups in total. The van der Waals surface area contributed by atoms with Gasteiger partial charge in [-0.3, -0.25) is 0 Å². The van der Waals surface area contributed by atoms with E-state index in [0.29, 0.717) is 18.4 Å². The molecule has 1 aliphatic carbocycles. The molecule has 0 radical (unpaired) electrons. The molecule has 1 aliphatic rings. The number of benzene rings is 1. The highest BCUT2D eigenvalue weighted by molar-refractivity contribution is 5.36. The Morgan fingerprint density at radius 3 is 2.80 bits per heavy atom. The molecule has 1 aromatic carbocycles. The smallest absolute Gasteiger partial charge is 0.0488 e. The minimum Gasteiger partial charge on any atom is -0.396 e. The summed E-state index contributed by atoms with van der Waals surface area (Å²) in [4.78, 5) is 0. The Hall–Kier alpha value is -0.900. The molecule has 25 heavy (non-hydrogen) atoms. The molecule has 1 aromatic rings. The zero-order chi connectivity index (χ0) is 18.1. The summed E-state index contributed by atoms with van der Waals surface area (Å²) < 4.78 is 5.77. The van der Waals surface area contributed by atoms with E-state index in [-0.39, 0.29) is 6.61 Å². The van der Waals surface area contributed by atoms with Crippen LogP contribution in [0.25, 0.3) is 0 Å². The van der Waals surface area contributed by atoms with E-state index in [1.54, 1.807) is 0 Å². The molecule has 142 valence electrons. The number of hydrogen-bond donors (Lipinski definition) is 2. The maximum absolute atomic E-state index is 8.97. The van der Waals surface area contributed by atoms with E-state index >= 15 is 0 Å². The number of ether oxygens (including phenoxy) is 1. The average molecular weight is 348 g/mol. The Bertz CT molecular complexity index is 501. The zero-order valence-electron chi connectivity index (χ0n) is 16.2. The van der Waals surface area contributed by atoms with Crippen LogP contribution in [0.15, 0.2) is 18.2 Å². The van der Waals surface area contributed by atoms with Crippen molar-refractivity contribution in [2.75, 3.05) is 26.4 Å². The third-order valence-electron chi connectivity index (χ3n) is 5.40. The van der Waals surface area contributed by atoms with Gasteiger partial charge >= 0.3 is 0 Å². The van der Waals surface area contributed by atoms with Crippen LogP contribution in [0.4, 0.5) is 0 Å². The van der Waals surface area contributed by atoms with E-state index in [1.165, 1.54) is 42.4 Å². The van der Waals surface area contributed by atoms with E-state index in [0.717, 1.165) is 38.4 Å². The molecular weight excluding hydrogens is 310 g/mol. The summed E-state index contributed by atoms with van der Waals surface area (Å²) in [7, 11) is 0. The number of aliphatic hydroxyl groups is 1. The summed E-state index contributed by atoms with van der Waals surface area (Å²) in [6.45, 7) is 7.16. The predicted octanol–water partition coefficient (Wildman–Crippen LogP) is 4.06. The highest BCUT2D eigenvalue weighted by Crippen LogP contribution is 2.31. The van der Waals surface area contributed by atoms with Crippen LogP contribution in [-0.2, 0) is 17.6 Å². The monoisotopic (exact) mass is 347 g/mol. The van der Waals surface area contributed by atoms with Crippen LogP contribution in [0, 0.1) is 11.8 Å². The van der Waals surface area contributed by atoms with Gasteiger partial charge in [0.25, 0.3) is 0 Å². The Morgan fingerprint density at radius 1 is 1.24 bits per heavy atom. The van der Waals surface area contributed by atoms with Crippen molar-refractivity contribution in [2.45, 2.75) is 64.7 Å². The van der Waals surface area contributed by atoms with Crippen LogP contribution in [0.3, 0.4) is 0 Å². The number of unbranched alkanes of at least 4 members (excludes halogenated alkanes) is 1. The molecule has 0 fully saturated rings. The Morgan fingerprint density at radius 2 is 2.08 bits per heavy atom. The lowest BCUT2D eigenvalue weighted by Crippen LogP contribution is -2.18. The van der Waals surface area contributed by atoms with Crippen LogP contribution in [0.5, 0.6) is 0 Å². The zero-order valence-corrected chi connectivity index (χ0v) is 16.2. The lowest BCUT2D eigenvalue weighted by molar-refractivity contribution is 0.0962. The first-order chi connectivity index (χ1) is 12.1. The molecular formula is C22H37NO2. The SMILES string of the molecule is CC(C)COCC[C@@H]1CCc2cc([C@H](CN)CCCCO)ccc2C1. The maximum atomic E-state index is 8.97. The largest absolute Gasteiger partial charge is 0.396 e. The van der Waals surface area contributed by atoms with Gasteiger partial charge in [-0.2, -0.15) is 0 Å². The van der Waals surface area contributed by atoms with Crippen molar-refractivity contribution in [1.82, 2.24) is 0 Å². The second-order valence-electron chi connectivity index (χ2n) is 8.05. The van der Waals surface area contributed by atoms with E-state index in [1.807, 2.05) is 0 Å². The van der Waals surface area contributed by atoms with Gasteiger partial charge in [-0.1, -0.05) is 38.5 Å². The first-order valence-corrected chi connectivity index (χ1v) is 10.1. The van der Waals surface area contributed by atoms with Crippen LogP contribution < -0.4 is 5.73 Å². The lowest BCUT2D eigenvalue weighted by atomic mass is 9.80. The molecule has 0 bridgehead atoms. The van der Waals surface area contributed by atoms with E-state index in [2.05, 4.69) is 32.0 Å². The molecule has 2 rings (SSSR count). The fourth-order valence-electron chi connectivity index (χ4n) is 3.84. The van der Waals surface area contributed by atoms with Crippen LogP contribution >= 0.6 is 0 Å². The molecule has 0 spiro atoms. The summed E-state index contributed by atoms with van der Waals surface area (Å²) in [5.74, 6) is 1.82. The number of aryl methyl sites for hydroxylation is 1. The fraction of sp³-hybridized carbons (Fsp3) is 0.727.